The van der Waals surface area contributed by atoms with Gasteiger partial charge in [0.2, 0.25) is 5.91 Å². The van der Waals surface area contributed by atoms with E-state index in [0.29, 0.717) is 24.1 Å². The topological polar surface area (TPSA) is 160 Å². The zero-order chi connectivity index (χ0) is 24.1. The summed E-state index contributed by atoms with van der Waals surface area (Å²) in [6.07, 6.45) is 1.90. The van der Waals surface area contributed by atoms with Crippen LogP contribution < -0.4 is 21.7 Å². The number of benzene rings is 1. The van der Waals surface area contributed by atoms with Gasteiger partial charge in [0.05, 0.1) is 6.61 Å². The number of rotatable bonds is 10. The molecule has 12 heteroatoms. The van der Waals surface area contributed by atoms with E-state index in [-0.39, 0.29) is 29.0 Å². The molecule has 11 nitrogen and oxygen atoms in total. The highest BCUT2D eigenvalue weighted by atomic mass is 32.2. The fourth-order valence-electron chi connectivity index (χ4n) is 3.02. The summed E-state index contributed by atoms with van der Waals surface area (Å²) in [5.74, 6) is 0.540. The maximum absolute atomic E-state index is 12.7. The van der Waals surface area contributed by atoms with E-state index in [2.05, 4.69) is 36.1 Å². The molecule has 0 radical (unpaired) electrons. The molecule has 0 atom stereocenters. The van der Waals surface area contributed by atoms with Gasteiger partial charge in [-0.2, -0.15) is 5.10 Å². The summed E-state index contributed by atoms with van der Waals surface area (Å²) in [4.78, 5) is 34.4. The summed E-state index contributed by atoms with van der Waals surface area (Å²) in [5, 5.41) is 16.0. The van der Waals surface area contributed by atoms with Crippen LogP contribution >= 0.6 is 11.8 Å². The van der Waals surface area contributed by atoms with Gasteiger partial charge in [0.1, 0.15) is 5.69 Å². The molecule has 0 unspecified atom stereocenters. The number of H-pyrrole nitrogens is 1. The molecule has 0 aliphatic heterocycles. The highest BCUT2D eigenvalue weighted by molar-refractivity contribution is 7.99. The second kappa shape index (κ2) is 10.5. The third-order valence-electron chi connectivity index (χ3n) is 4.96. The Morgan fingerprint density at radius 3 is 2.65 bits per heavy atom. The lowest BCUT2D eigenvalue weighted by Gasteiger charge is -2.13. The minimum Gasteiger partial charge on any atom is -0.394 e. The van der Waals surface area contributed by atoms with E-state index in [4.69, 9.17) is 10.5 Å². The number of aromatic amines is 1. The number of aromatic nitrogens is 4. The summed E-state index contributed by atoms with van der Waals surface area (Å²) < 4.78 is 4.98. The number of carbonyl (C=O) groups is 2. The molecule has 4 rings (SSSR count). The van der Waals surface area contributed by atoms with Crippen LogP contribution in [0, 0.1) is 12.8 Å². The zero-order valence-electron chi connectivity index (χ0n) is 18.8. The Hall–Kier alpha value is -3.64. The van der Waals surface area contributed by atoms with Crippen molar-refractivity contribution in [1.29, 1.82) is 0 Å². The van der Waals surface area contributed by atoms with E-state index in [1.807, 2.05) is 31.2 Å². The number of hydrogen-bond acceptors (Lipinski definition) is 9. The van der Waals surface area contributed by atoms with Gasteiger partial charge in [0.25, 0.3) is 5.91 Å². The lowest BCUT2D eigenvalue weighted by molar-refractivity contribution is -0.117. The maximum Gasteiger partial charge on any atom is 0.272 e. The minimum absolute atomic E-state index is 0.0516. The summed E-state index contributed by atoms with van der Waals surface area (Å²) in [5.41, 5.74) is 7.98. The molecule has 6 N–H and O–H groups in total. The first-order valence-electron chi connectivity index (χ1n) is 10.8. The third-order valence-corrected chi connectivity index (χ3v) is 5.84. The normalized spacial score (nSPS) is 12.9. The molecule has 1 aromatic carbocycles. The molecular weight excluding hydrogens is 456 g/mol. The summed E-state index contributed by atoms with van der Waals surface area (Å²) in [6.45, 7) is 2.55. The third kappa shape index (κ3) is 6.02. The van der Waals surface area contributed by atoms with Crippen molar-refractivity contribution >= 4 is 46.6 Å². The van der Waals surface area contributed by atoms with Crippen molar-refractivity contribution in [3.05, 3.63) is 41.7 Å². The van der Waals surface area contributed by atoms with E-state index in [1.54, 1.807) is 13.2 Å². The SMILES string of the molecule is COCCNC(=O)c1nc(Sc2ccc(NC(=O)C3CC3)cc2)nc(Nc2cc(C)[nH]n2)c1N. The second-order valence-corrected chi connectivity index (χ2v) is 8.86. The van der Waals surface area contributed by atoms with Crippen molar-refractivity contribution in [3.8, 4) is 0 Å². The number of aryl methyl sites for hydroxylation is 1. The highest BCUT2D eigenvalue weighted by Gasteiger charge is 2.29. The van der Waals surface area contributed by atoms with Crippen molar-refractivity contribution in [2.75, 3.05) is 36.6 Å². The van der Waals surface area contributed by atoms with Gasteiger partial charge in [0, 0.05) is 41.9 Å². The van der Waals surface area contributed by atoms with Crippen LogP contribution in [0.2, 0.25) is 0 Å². The fraction of sp³-hybridized carbons (Fsp3) is 0.318. The van der Waals surface area contributed by atoms with Crippen molar-refractivity contribution in [3.63, 3.8) is 0 Å². The van der Waals surface area contributed by atoms with Crippen molar-refractivity contribution in [2.24, 2.45) is 5.92 Å². The average Bonchev–Trinajstić information content (AvgIpc) is 3.59. The molecule has 1 fully saturated rings. The molecule has 1 saturated carbocycles. The molecule has 2 aromatic heterocycles. The number of hydrogen-bond donors (Lipinski definition) is 5. The van der Waals surface area contributed by atoms with Gasteiger partial charge in [-0.1, -0.05) is 0 Å². The van der Waals surface area contributed by atoms with Crippen LogP contribution in [0.25, 0.3) is 0 Å². The largest absolute Gasteiger partial charge is 0.394 e. The predicted octanol–water partition coefficient (Wildman–Crippen LogP) is 2.71. The molecule has 34 heavy (non-hydrogen) atoms. The molecule has 2 amide bonds. The number of anilines is 4. The fourth-order valence-corrected chi connectivity index (χ4v) is 3.78. The van der Waals surface area contributed by atoms with Gasteiger partial charge in [-0.05, 0) is 55.8 Å². The van der Waals surface area contributed by atoms with E-state index in [1.165, 1.54) is 11.8 Å². The van der Waals surface area contributed by atoms with Gasteiger partial charge in [-0.3, -0.25) is 14.7 Å². The predicted molar refractivity (Wildman–Crippen MR) is 129 cm³/mol. The van der Waals surface area contributed by atoms with Gasteiger partial charge in [-0.25, -0.2) is 9.97 Å². The van der Waals surface area contributed by atoms with Crippen LogP contribution in [-0.4, -0.2) is 52.2 Å². The monoisotopic (exact) mass is 482 g/mol. The Labute approximate surface area is 200 Å². The molecule has 1 aliphatic rings. The summed E-state index contributed by atoms with van der Waals surface area (Å²) >= 11 is 1.27. The van der Waals surface area contributed by atoms with E-state index in [0.717, 1.165) is 29.1 Å². The lowest BCUT2D eigenvalue weighted by Crippen LogP contribution is -2.29. The molecule has 1 aliphatic carbocycles. The number of amides is 2. The van der Waals surface area contributed by atoms with E-state index in [9.17, 15) is 9.59 Å². The second-order valence-electron chi connectivity index (χ2n) is 7.82. The average molecular weight is 483 g/mol. The van der Waals surface area contributed by atoms with Crippen LogP contribution in [0.15, 0.2) is 40.4 Å². The number of ether oxygens (including phenoxy) is 1. The Morgan fingerprint density at radius 2 is 2.00 bits per heavy atom. The van der Waals surface area contributed by atoms with Crippen LogP contribution in [0.1, 0.15) is 29.0 Å². The van der Waals surface area contributed by atoms with E-state index >= 15 is 0 Å². The number of nitrogens with zero attached hydrogens (tertiary/aromatic N) is 3. The van der Waals surface area contributed by atoms with Crippen molar-refractivity contribution < 1.29 is 14.3 Å². The molecular formula is C22H26N8O3S. The van der Waals surface area contributed by atoms with Gasteiger partial charge in [0.15, 0.2) is 22.5 Å². The highest BCUT2D eigenvalue weighted by Crippen LogP contribution is 2.32. The Kier molecular flexibility index (Phi) is 7.28. The van der Waals surface area contributed by atoms with Crippen molar-refractivity contribution in [1.82, 2.24) is 25.5 Å². The Balaban J connectivity index is 1.55. The number of nitrogens with one attached hydrogen (secondary N) is 4. The Bertz CT molecular complexity index is 1180. The molecule has 0 saturated heterocycles. The maximum atomic E-state index is 12.7. The van der Waals surface area contributed by atoms with Crippen LogP contribution in [0.4, 0.5) is 23.0 Å². The van der Waals surface area contributed by atoms with Crippen molar-refractivity contribution in [2.45, 2.75) is 29.8 Å². The van der Waals surface area contributed by atoms with Gasteiger partial charge < -0.3 is 26.4 Å². The van der Waals surface area contributed by atoms with E-state index < -0.39 is 5.91 Å². The quantitative estimate of drug-likeness (QED) is 0.216. The molecule has 0 spiro atoms. The van der Waals surface area contributed by atoms with Crippen LogP contribution in [0.3, 0.4) is 0 Å². The molecule has 3 aromatic rings. The summed E-state index contributed by atoms with van der Waals surface area (Å²) in [7, 11) is 1.55. The summed E-state index contributed by atoms with van der Waals surface area (Å²) in [6, 6.07) is 9.15. The number of carbonyl (C=O) groups excluding carboxylic acids is 2. The van der Waals surface area contributed by atoms with Gasteiger partial charge >= 0.3 is 0 Å². The molecule has 2 heterocycles. The van der Waals surface area contributed by atoms with Gasteiger partial charge in [-0.15, -0.1) is 0 Å². The standard InChI is InChI=1S/C22H26N8O3S/c1-12-11-16(30-29-12)26-19-17(23)18(21(32)24-9-10-33-2)27-22(28-19)34-15-7-5-14(6-8-15)25-20(31)13-3-4-13/h5-8,11,13H,3-4,9-10,23H2,1-2H3,(H,24,32)(H,25,31)(H2,26,27,28,29,30). The minimum atomic E-state index is -0.432. The van der Waals surface area contributed by atoms with Crippen LogP contribution in [-0.2, 0) is 9.53 Å². The smallest absolute Gasteiger partial charge is 0.272 e. The first-order valence-corrected chi connectivity index (χ1v) is 11.6. The first-order chi connectivity index (χ1) is 16.4. The molecule has 178 valence electrons. The lowest BCUT2D eigenvalue weighted by atomic mass is 10.3. The zero-order valence-corrected chi connectivity index (χ0v) is 19.7. The Morgan fingerprint density at radius 1 is 1.24 bits per heavy atom. The first kappa shape index (κ1) is 23.5. The number of nitrogen functional groups attached to an aromatic ring is 1. The number of methoxy groups -OCH3 is 1. The van der Waals surface area contributed by atoms with Crippen LogP contribution in [0.5, 0.6) is 0 Å². The molecule has 0 bridgehead atoms. The number of nitrogens with two attached hydrogens (primary N) is 1.